The molecule has 17 heteroatoms. The second kappa shape index (κ2) is 22.3. The quantitative estimate of drug-likeness (QED) is 0.166. The largest absolute Gasteiger partial charge is 0.379 e. The molecule has 0 bridgehead atoms. The molecule has 2 N–H and O–H groups in total. The van der Waals surface area contributed by atoms with Crippen LogP contribution in [0, 0.1) is 11.3 Å². The number of hydrogen-bond donors (Lipinski definition) is 1. The summed E-state index contributed by atoms with van der Waals surface area (Å²) in [5.41, 5.74) is 9.18. The van der Waals surface area contributed by atoms with E-state index in [1.54, 1.807) is 24.5 Å². The smallest absolute Gasteiger partial charge is 0.252 e. The highest BCUT2D eigenvalue weighted by Gasteiger charge is 2.31. The van der Waals surface area contributed by atoms with Crippen molar-refractivity contribution in [2.24, 2.45) is 5.73 Å². The number of piperidine rings is 2. The number of anilines is 2. The molecule has 6 aromatic rings. The van der Waals surface area contributed by atoms with Gasteiger partial charge >= 0.3 is 0 Å². The molecular formula is C50H60N14O3. The predicted octanol–water partition coefficient (Wildman–Crippen LogP) is 4.85. The number of carbonyl (C=O) groups excluding carboxylic acids is 1. The van der Waals surface area contributed by atoms with Crippen molar-refractivity contribution in [1.29, 1.82) is 5.26 Å². The van der Waals surface area contributed by atoms with Crippen molar-refractivity contribution in [2.45, 2.75) is 63.7 Å². The summed E-state index contributed by atoms with van der Waals surface area (Å²) in [4.78, 5) is 29.9. The van der Waals surface area contributed by atoms with Gasteiger partial charge in [-0.15, -0.1) is 20.4 Å². The average molecular weight is 905 g/mol. The van der Waals surface area contributed by atoms with Crippen molar-refractivity contribution in [3.05, 3.63) is 143 Å². The number of morpholine rings is 2. The Kier molecular flexibility index (Phi) is 15.1. The number of nitriles is 1. The molecule has 0 radical (unpaired) electrons. The first-order valence-corrected chi connectivity index (χ1v) is 23.6. The molecular weight excluding hydrogens is 845 g/mol. The minimum Gasteiger partial charge on any atom is -0.379 e. The molecule has 348 valence electrons. The molecule has 0 saturated carbocycles. The molecule has 4 aliphatic heterocycles. The Balaban J connectivity index is 0.000000168. The van der Waals surface area contributed by atoms with E-state index < -0.39 is 5.91 Å². The van der Waals surface area contributed by atoms with Crippen LogP contribution in [0.3, 0.4) is 0 Å². The molecule has 4 saturated heterocycles. The van der Waals surface area contributed by atoms with Crippen LogP contribution in [-0.4, -0.2) is 134 Å². The maximum absolute atomic E-state index is 11.9. The van der Waals surface area contributed by atoms with Crippen LogP contribution in [0.25, 0.3) is 0 Å². The highest BCUT2D eigenvalue weighted by atomic mass is 16.5. The van der Waals surface area contributed by atoms with Gasteiger partial charge in [-0.3, -0.25) is 14.6 Å². The first-order chi connectivity index (χ1) is 33.0. The van der Waals surface area contributed by atoms with Crippen molar-refractivity contribution in [3.8, 4) is 6.07 Å². The zero-order chi connectivity index (χ0) is 45.8. The molecule has 4 fully saturated rings. The predicted molar refractivity (Wildman–Crippen MR) is 253 cm³/mol. The van der Waals surface area contributed by atoms with Gasteiger partial charge in [-0.1, -0.05) is 60.7 Å². The lowest BCUT2D eigenvalue weighted by molar-refractivity contribution is 0.0325. The number of ether oxygens (including phenoxy) is 2. The van der Waals surface area contributed by atoms with Crippen molar-refractivity contribution in [1.82, 2.24) is 49.3 Å². The van der Waals surface area contributed by atoms with Crippen LogP contribution >= 0.6 is 0 Å². The van der Waals surface area contributed by atoms with E-state index in [1.807, 2.05) is 24.3 Å². The monoisotopic (exact) mass is 904 g/mol. The number of hydrogen-bond acceptors (Lipinski definition) is 14. The van der Waals surface area contributed by atoms with Crippen LogP contribution in [0.1, 0.15) is 87.9 Å². The molecule has 67 heavy (non-hydrogen) atoms. The third-order valence-corrected chi connectivity index (χ3v) is 13.3. The molecule has 17 nitrogen and oxygen atoms in total. The average Bonchev–Trinajstić information content (AvgIpc) is 3.97. The zero-order valence-electron chi connectivity index (χ0n) is 38.2. The summed E-state index contributed by atoms with van der Waals surface area (Å²) < 4.78 is 15.7. The molecule has 10 rings (SSSR count). The van der Waals surface area contributed by atoms with Gasteiger partial charge in [0, 0.05) is 76.6 Å². The van der Waals surface area contributed by atoms with Crippen molar-refractivity contribution in [3.63, 3.8) is 0 Å². The number of benzene rings is 2. The third-order valence-electron chi connectivity index (χ3n) is 13.3. The van der Waals surface area contributed by atoms with Crippen LogP contribution in [0.15, 0.2) is 97.3 Å². The van der Waals surface area contributed by atoms with Gasteiger partial charge < -0.3 is 34.1 Å². The number of rotatable bonds is 13. The molecule has 4 aromatic heterocycles. The van der Waals surface area contributed by atoms with Gasteiger partial charge in [0.1, 0.15) is 41.0 Å². The summed E-state index contributed by atoms with van der Waals surface area (Å²) >= 11 is 0. The third kappa shape index (κ3) is 11.3. The Bertz CT molecular complexity index is 2550. The second-order valence-corrected chi connectivity index (χ2v) is 17.6. The van der Waals surface area contributed by atoms with Crippen molar-refractivity contribution < 1.29 is 14.3 Å². The number of aromatic nitrogens is 8. The fraction of sp³-hybridized carbons (Fsp3) is 0.440. The molecule has 2 aromatic carbocycles. The Labute approximate surface area is 392 Å². The van der Waals surface area contributed by atoms with Gasteiger partial charge in [-0.05, 0) is 61.1 Å². The zero-order valence-corrected chi connectivity index (χ0v) is 38.2. The summed E-state index contributed by atoms with van der Waals surface area (Å²) in [7, 11) is 0. The van der Waals surface area contributed by atoms with E-state index in [1.165, 1.54) is 11.1 Å². The maximum Gasteiger partial charge on any atom is 0.252 e. The van der Waals surface area contributed by atoms with Gasteiger partial charge in [0.25, 0.3) is 5.91 Å². The molecule has 0 spiro atoms. The Morgan fingerprint density at radius 2 is 1.01 bits per heavy atom. The lowest BCUT2D eigenvalue weighted by Gasteiger charge is -2.33. The van der Waals surface area contributed by atoms with E-state index in [-0.39, 0.29) is 0 Å². The van der Waals surface area contributed by atoms with Gasteiger partial charge in [-0.2, -0.15) is 5.26 Å². The molecule has 4 aliphatic rings. The molecule has 0 unspecified atom stereocenters. The first kappa shape index (κ1) is 45.6. The number of amides is 1. The van der Waals surface area contributed by atoms with E-state index in [4.69, 9.17) is 25.4 Å². The van der Waals surface area contributed by atoms with Crippen LogP contribution in [-0.2, 0) is 35.7 Å². The summed E-state index contributed by atoms with van der Waals surface area (Å²) in [6.07, 6.45) is 7.23. The summed E-state index contributed by atoms with van der Waals surface area (Å²) in [6.45, 7) is 13.2. The highest BCUT2D eigenvalue weighted by molar-refractivity contribution is 5.97. The lowest BCUT2D eigenvalue weighted by atomic mass is 9.95. The van der Waals surface area contributed by atoms with Crippen LogP contribution in [0.5, 0.6) is 0 Å². The number of carbonyl (C=O) groups is 1. The van der Waals surface area contributed by atoms with Crippen molar-refractivity contribution in [2.75, 3.05) is 88.6 Å². The topological polar surface area (TPSA) is 185 Å². The number of nitrogens with zero attached hydrogens (tertiary/aromatic N) is 13. The molecule has 1 amide bonds. The van der Waals surface area contributed by atoms with E-state index in [2.05, 4.69) is 103 Å². The number of pyridine rings is 2. The standard InChI is InChI=1S/C25H31N7O2.C25H29N7O/c26-23(33)21-7-4-10-27-25(21)31-11-8-20(9-12-31)24-29-28-22(18-30-13-15-34-16-14-30)32(24)17-19-5-2-1-3-6-19;26-17-22-7-4-10-27-24(22)31-11-8-21(9-12-31)25-29-28-23(19-30-13-15-33-16-14-30)32(25)18-20-5-2-1-3-6-20/h1-7,10,20H,8-9,11-18H2,(H2,26,33);1-7,10,21H,8-9,11-16,18-19H2. The minimum atomic E-state index is -0.444. The Morgan fingerprint density at radius 1 is 0.567 bits per heavy atom. The van der Waals surface area contributed by atoms with Gasteiger partial charge in [0.2, 0.25) is 0 Å². The molecule has 8 heterocycles. The SMILES string of the molecule is N#Cc1cccnc1N1CCC(c2nnc(CN3CCOCC3)n2Cc2ccccc2)CC1.NC(=O)c1cccnc1N1CCC(c2nnc(CN3CCOCC3)n2Cc2ccccc2)CC1. The first-order valence-electron chi connectivity index (χ1n) is 23.6. The van der Waals surface area contributed by atoms with E-state index in [9.17, 15) is 10.1 Å². The summed E-state index contributed by atoms with van der Waals surface area (Å²) in [6, 6.07) is 30.4. The van der Waals surface area contributed by atoms with Gasteiger partial charge in [0.05, 0.1) is 63.7 Å². The lowest BCUT2D eigenvalue weighted by Crippen LogP contribution is -2.37. The summed E-state index contributed by atoms with van der Waals surface area (Å²) in [5.74, 6) is 5.80. The normalized spacial score (nSPS) is 17.7. The van der Waals surface area contributed by atoms with Crippen molar-refractivity contribution >= 4 is 17.5 Å². The Hall–Kier alpha value is -6.58. The summed E-state index contributed by atoms with van der Waals surface area (Å²) in [5, 5.41) is 28.1. The van der Waals surface area contributed by atoms with Crippen LogP contribution < -0.4 is 15.5 Å². The molecule has 0 aliphatic carbocycles. The number of primary amides is 1. The number of nitrogens with two attached hydrogens (primary N) is 1. The van der Waals surface area contributed by atoms with E-state index in [0.29, 0.717) is 28.8 Å². The maximum atomic E-state index is 11.9. The minimum absolute atomic E-state index is 0.298. The highest BCUT2D eigenvalue weighted by Crippen LogP contribution is 2.33. The van der Waals surface area contributed by atoms with E-state index in [0.717, 1.165) is 160 Å². The van der Waals surface area contributed by atoms with Gasteiger partial charge in [-0.25, -0.2) is 9.97 Å². The fourth-order valence-electron chi connectivity index (χ4n) is 9.61. The van der Waals surface area contributed by atoms with Crippen LogP contribution in [0.4, 0.5) is 11.6 Å². The second-order valence-electron chi connectivity index (χ2n) is 17.6. The van der Waals surface area contributed by atoms with Crippen LogP contribution in [0.2, 0.25) is 0 Å². The van der Waals surface area contributed by atoms with E-state index >= 15 is 0 Å². The fourth-order valence-corrected chi connectivity index (χ4v) is 9.61. The van der Waals surface area contributed by atoms with Gasteiger partial charge in [0.15, 0.2) is 0 Å². The molecule has 0 atom stereocenters. The Morgan fingerprint density at radius 3 is 1.48 bits per heavy atom.